The van der Waals surface area contributed by atoms with Crippen molar-refractivity contribution >= 4 is 11.9 Å². The maximum absolute atomic E-state index is 13.0. The van der Waals surface area contributed by atoms with Crippen molar-refractivity contribution in [3.63, 3.8) is 0 Å². The van der Waals surface area contributed by atoms with Crippen LogP contribution in [-0.2, 0) is 19.1 Å². The monoisotopic (exact) mass is 638 g/mol. The van der Waals surface area contributed by atoms with Gasteiger partial charge in [-0.15, -0.1) is 0 Å². The van der Waals surface area contributed by atoms with Gasteiger partial charge in [0, 0.05) is 12.8 Å². The molecule has 0 aliphatic carbocycles. The summed E-state index contributed by atoms with van der Waals surface area (Å²) < 4.78 is 11.7. The average molecular weight is 638 g/mol. The minimum absolute atomic E-state index is 0.106. The van der Waals surface area contributed by atoms with Crippen molar-refractivity contribution in [3.05, 3.63) is 0 Å². The predicted octanol–water partition coefficient (Wildman–Crippen LogP) is 12.0. The van der Waals surface area contributed by atoms with Crippen molar-refractivity contribution in [1.29, 1.82) is 0 Å². The van der Waals surface area contributed by atoms with Crippen LogP contribution in [-0.4, -0.2) is 50.2 Å². The first kappa shape index (κ1) is 43.9. The first-order chi connectivity index (χ1) is 21.9. The third-order valence-electron chi connectivity index (χ3n) is 9.23. The Morgan fingerprint density at radius 3 is 1.40 bits per heavy atom. The van der Waals surface area contributed by atoms with Gasteiger partial charge in [0.15, 0.2) is 0 Å². The molecule has 0 aliphatic heterocycles. The average Bonchev–Trinajstić information content (AvgIpc) is 3.01. The molecule has 0 spiro atoms. The van der Waals surface area contributed by atoms with E-state index < -0.39 is 0 Å². The zero-order valence-corrected chi connectivity index (χ0v) is 31.2. The van der Waals surface area contributed by atoms with Gasteiger partial charge < -0.3 is 14.4 Å². The van der Waals surface area contributed by atoms with Crippen molar-refractivity contribution in [3.8, 4) is 0 Å². The molecule has 0 saturated carbocycles. The first-order valence-electron chi connectivity index (χ1n) is 19.9. The van der Waals surface area contributed by atoms with Crippen LogP contribution in [0, 0.1) is 5.92 Å². The van der Waals surface area contributed by atoms with Gasteiger partial charge in [-0.3, -0.25) is 9.59 Å². The summed E-state index contributed by atoms with van der Waals surface area (Å²) in [5.74, 6) is 0.169. The smallest absolute Gasteiger partial charge is 0.306 e. The summed E-state index contributed by atoms with van der Waals surface area (Å²) in [7, 11) is 4.16. The molecule has 0 rings (SSSR count). The molecule has 0 bridgehead atoms. The normalized spacial score (nSPS) is 12.2. The van der Waals surface area contributed by atoms with Gasteiger partial charge in [-0.25, -0.2) is 0 Å². The van der Waals surface area contributed by atoms with E-state index in [1.165, 1.54) is 122 Å². The highest BCUT2D eigenvalue weighted by Gasteiger charge is 2.19. The number of hydrogen-bond acceptors (Lipinski definition) is 5. The highest BCUT2D eigenvalue weighted by atomic mass is 16.6. The number of rotatable bonds is 35. The third kappa shape index (κ3) is 32.6. The minimum Gasteiger partial charge on any atom is -0.462 e. The predicted molar refractivity (Wildman–Crippen MR) is 194 cm³/mol. The standard InChI is InChI=1S/C40H79NO4/c1-6-9-12-15-16-17-18-19-20-23-27-32-38(45-39(42)33-28-24-29-34-41(4)5)36-44-40(43)35-37(30-25-21-13-10-7-2)31-26-22-14-11-8-3/h37-38H,6-36H2,1-5H3. The molecule has 0 fully saturated rings. The summed E-state index contributed by atoms with van der Waals surface area (Å²) in [6.07, 6.45) is 33.5. The molecule has 0 aromatic heterocycles. The molecule has 0 aliphatic rings. The largest absolute Gasteiger partial charge is 0.462 e. The van der Waals surface area contributed by atoms with Crippen molar-refractivity contribution < 1.29 is 19.1 Å². The molecular formula is C40H79NO4. The molecule has 0 heterocycles. The molecule has 268 valence electrons. The zero-order valence-electron chi connectivity index (χ0n) is 31.2. The molecule has 0 aromatic rings. The Hall–Kier alpha value is -1.10. The highest BCUT2D eigenvalue weighted by molar-refractivity contribution is 5.70. The van der Waals surface area contributed by atoms with Gasteiger partial charge >= 0.3 is 11.9 Å². The fraction of sp³-hybridized carbons (Fsp3) is 0.950. The van der Waals surface area contributed by atoms with E-state index in [2.05, 4.69) is 39.8 Å². The Balaban J connectivity index is 4.70. The van der Waals surface area contributed by atoms with E-state index in [0.29, 0.717) is 18.8 Å². The maximum atomic E-state index is 13.0. The zero-order chi connectivity index (χ0) is 33.2. The number of carbonyl (C=O) groups excluding carboxylic acids is 2. The molecule has 0 saturated heterocycles. The summed E-state index contributed by atoms with van der Waals surface area (Å²) in [4.78, 5) is 27.9. The van der Waals surface area contributed by atoms with Gasteiger partial charge in [-0.05, 0) is 65.1 Å². The number of nitrogens with zero attached hydrogens (tertiary/aromatic N) is 1. The number of esters is 2. The van der Waals surface area contributed by atoms with Crippen LogP contribution < -0.4 is 0 Å². The molecule has 0 radical (unpaired) electrons. The fourth-order valence-electron chi connectivity index (χ4n) is 6.23. The highest BCUT2D eigenvalue weighted by Crippen LogP contribution is 2.23. The molecule has 45 heavy (non-hydrogen) atoms. The molecule has 5 heteroatoms. The molecule has 0 N–H and O–H groups in total. The van der Waals surface area contributed by atoms with E-state index in [1.807, 2.05) is 0 Å². The van der Waals surface area contributed by atoms with Crippen LogP contribution in [0.4, 0.5) is 0 Å². The van der Waals surface area contributed by atoms with Crippen LogP contribution in [0.25, 0.3) is 0 Å². The summed E-state index contributed by atoms with van der Waals surface area (Å²) in [5.41, 5.74) is 0. The SMILES string of the molecule is CCCCCCCCCCCCCC(COC(=O)CC(CCCCCCC)CCCCCCC)OC(=O)CCCCCN(C)C. The minimum atomic E-state index is -0.316. The van der Waals surface area contributed by atoms with E-state index >= 15 is 0 Å². The lowest BCUT2D eigenvalue weighted by Crippen LogP contribution is -2.26. The Kier molecular flexibility index (Phi) is 33.4. The Labute approximate surface area is 281 Å². The quantitative estimate of drug-likeness (QED) is 0.0511. The molecule has 0 aromatic carbocycles. The summed E-state index contributed by atoms with van der Waals surface area (Å²) in [5, 5.41) is 0. The molecule has 1 unspecified atom stereocenters. The molecular weight excluding hydrogens is 558 g/mol. The van der Waals surface area contributed by atoms with Gasteiger partial charge in [0.1, 0.15) is 12.7 Å². The van der Waals surface area contributed by atoms with Gasteiger partial charge in [-0.1, -0.05) is 156 Å². The van der Waals surface area contributed by atoms with Crippen LogP contribution in [0.1, 0.15) is 207 Å². The van der Waals surface area contributed by atoms with Crippen molar-refractivity contribution in [1.82, 2.24) is 4.90 Å². The van der Waals surface area contributed by atoms with Crippen molar-refractivity contribution in [2.45, 2.75) is 213 Å². The lowest BCUT2D eigenvalue weighted by Gasteiger charge is -2.20. The van der Waals surface area contributed by atoms with Gasteiger partial charge in [0.05, 0.1) is 0 Å². The van der Waals surface area contributed by atoms with Crippen LogP contribution in [0.2, 0.25) is 0 Å². The molecule has 5 nitrogen and oxygen atoms in total. The molecule has 0 amide bonds. The Morgan fingerprint density at radius 2 is 0.933 bits per heavy atom. The number of hydrogen-bond donors (Lipinski definition) is 0. The second-order valence-electron chi connectivity index (χ2n) is 14.2. The van der Waals surface area contributed by atoms with Gasteiger partial charge in [-0.2, -0.15) is 0 Å². The third-order valence-corrected chi connectivity index (χ3v) is 9.23. The van der Waals surface area contributed by atoms with E-state index in [-0.39, 0.29) is 24.6 Å². The second kappa shape index (κ2) is 34.2. The number of unbranched alkanes of at least 4 members (excludes halogenated alkanes) is 20. The molecule has 1 atom stereocenters. The topological polar surface area (TPSA) is 55.8 Å². The lowest BCUT2D eigenvalue weighted by atomic mass is 9.91. The maximum Gasteiger partial charge on any atom is 0.306 e. The van der Waals surface area contributed by atoms with Crippen LogP contribution in [0.15, 0.2) is 0 Å². The number of carbonyl (C=O) groups is 2. The summed E-state index contributed by atoms with van der Waals surface area (Å²) in [6.45, 7) is 8.04. The Morgan fingerprint density at radius 1 is 0.511 bits per heavy atom. The van der Waals surface area contributed by atoms with Gasteiger partial charge in [0.2, 0.25) is 0 Å². The van der Waals surface area contributed by atoms with Crippen LogP contribution in [0.5, 0.6) is 0 Å². The van der Waals surface area contributed by atoms with Crippen LogP contribution >= 0.6 is 0 Å². The van der Waals surface area contributed by atoms with E-state index in [0.717, 1.165) is 57.9 Å². The van der Waals surface area contributed by atoms with Crippen molar-refractivity contribution in [2.24, 2.45) is 5.92 Å². The van der Waals surface area contributed by atoms with Crippen LogP contribution in [0.3, 0.4) is 0 Å². The number of ether oxygens (including phenoxy) is 2. The first-order valence-corrected chi connectivity index (χ1v) is 19.9. The van der Waals surface area contributed by atoms with E-state index in [9.17, 15) is 9.59 Å². The van der Waals surface area contributed by atoms with E-state index in [4.69, 9.17) is 9.47 Å². The summed E-state index contributed by atoms with van der Waals surface area (Å²) >= 11 is 0. The Bertz CT molecular complexity index is 624. The van der Waals surface area contributed by atoms with E-state index in [1.54, 1.807) is 0 Å². The van der Waals surface area contributed by atoms with Crippen molar-refractivity contribution in [2.75, 3.05) is 27.2 Å². The lowest BCUT2D eigenvalue weighted by molar-refractivity contribution is -0.160. The fourth-order valence-corrected chi connectivity index (χ4v) is 6.23. The summed E-state index contributed by atoms with van der Waals surface area (Å²) in [6, 6.07) is 0. The van der Waals surface area contributed by atoms with Gasteiger partial charge in [0.25, 0.3) is 0 Å². The second-order valence-corrected chi connectivity index (χ2v) is 14.2.